The lowest BCUT2D eigenvalue weighted by Crippen LogP contribution is -2.33. The van der Waals surface area contributed by atoms with Gasteiger partial charge in [-0.05, 0) is 60.7 Å². The maximum absolute atomic E-state index is 12.6. The summed E-state index contributed by atoms with van der Waals surface area (Å²) < 4.78 is 1.79. The lowest BCUT2D eigenvalue weighted by molar-refractivity contribution is 0.0931. The van der Waals surface area contributed by atoms with Crippen molar-refractivity contribution >= 4 is 23.0 Å². The summed E-state index contributed by atoms with van der Waals surface area (Å²) in [6.07, 6.45) is 7.13. The quantitative estimate of drug-likeness (QED) is 0.762. The summed E-state index contributed by atoms with van der Waals surface area (Å²) in [5.74, 6) is -0.0835. The molecule has 4 rings (SSSR count). The fraction of sp³-hybridized carbons (Fsp3) is 0.300. The van der Waals surface area contributed by atoms with Gasteiger partial charge in [0.2, 0.25) is 0 Å². The predicted molar refractivity (Wildman–Crippen MR) is 99.2 cm³/mol. The molecule has 1 aromatic carbocycles. The van der Waals surface area contributed by atoms with E-state index < -0.39 is 0 Å². The predicted octanol–water partition coefficient (Wildman–Crippen LogP) is 4.25. The van der Waals surface area contributed by atoms with Crippen molar-refractivity contribution in [3.8, 4) is 0 Å². The van der Waals surface area contributed by atoms with Gasteiger partial charge in [-0.3, -0.25) is 4.79 Å². The molecule has 4 nitrogen and oxygen atoms in total. The van der Waals surface area contributed by atoms with Crippen LogP contribution in [0.3, 0.4) is 0 Å². The number of hydrogen-bond acceptors (Lipinski definition) is 2. The Morgan fingerprint density at radius 2 is 1.96 bits per heavy atom. The number of carbonyl (C=O) groups excluding carboxylic acids is 1. The van der Waals surface area contributed by atoms with Crippen LogP contribution in [0, 0.1) is 0 Å². The highest BCUT2D eigenvalue weighted by Gasteiger charge is 2.20. The second-order valence-corrected chi connectivity index (χ2v) is 7.09. The molecule has 2 aromatic heterocycles. The molecule has 0 saturated heterocycles. The highest BCUT2D eigenvalue weighted by atomic mass is 35.5. The normalized spacial score (nSPS) is 14.9. The van der Waals surface area contributed by atoms with Crippen molar-refractivity contribution < 1.29 is 4.79 Å². The standard InChI is InChI=1S/C20H20ClN3O/c21-16-9-7-14(8-10-16)12-15-13-18(23-24-11-3-6-19(15)24)20(25)22-17-4-1-2-5-17/h3,6-11,13,17H,1-2,4-5,12H2,(H,22,25). The SMILES string of the molecule is O=C(NC1CCCC1)c1cc(Cc2ccc(Cl)cc2)c2cccn2n1. The number of nitrogens with one attached hydrogen (secondary N) is 1. The minimum absolute atomic E-state index is 0.0835. The largest absolute Gasteiger partial charge is 0.348 e. The number of carbonyl (C=O) groups is 1. The number of fused-ring (bicyclic) bond motifs is 1. The van der Waals surface area contributed by atoms with Gasteiger partial charge in [-0.1, -0.05) is 36.6 Å². The van der Waals surface area contributed by atoms with Gasteiger partial charge in [-0.25, -0.2) is 4.52 Å². The third-order valence-electron chi connectivity index (χ3n) is 4.81. The fourth-order valence-corrected chi connectivity index (χ4v) is 3.63. The van der Waals surface area contributed by atoms with Crippen molar-refractivity contribution in [3.05, 3.63) is 70.5 Å². The van der Waals surface area contributed by atoms with Crippen molar-refractivity contribution in [1.82, 2.24) is 14.9 Å². The van der Waals surface area contributed by atoms with Crippen molar-refractivity contribution in [2.24, 2.45) is 0 Å². The third kappa shape index (κ3) is 3.54. The first-order chi connectivity index (χ1) is 12.2. The van der Waals surface area contributed by atoms with E-state index in [-0.39, 0.29) is 11.9 Å². The van der Waals surface area contributed by atoms with Crippen molar-refractivity contribution in [1.29, 1.82) is 0 Å². The van der Waals surface area contributed by atoms with E-state index in [1.165, 1.54) is 12.8 Å². The third-order valence-corrected chi connectivity index (χ3v) is 5.07. The highest BCUT2D eigenvalue weighted by molar-refractivity contribution is 6.30. The summed E-state index contributed by atoms with van der Waals surface area (Å²) in [7, 11) is 0. The van der Waals surface area contributed by atoms with Crippen LogP contribution in [-0.4, -0.2) is 21.6 Å². The second kappa shape index (κ2) is 6.89. The van der Waals surface area contributed by atoms with E-state index in [0.29, 0.717) is 5.69 Å². The molecular formula is C20H20ClN3O. The molecule has 1 fully saturated rings. The molecule has 2 heterocycles. The fourth-order valence-electron chi connectivity index (χ4n) is 3.50. The Bertz CT molecular complexity index is 895. The zero-order valence-electron chi connectivity index (χ0n) is 13.9. The first kappa shape index (κ1) is 16.2. The summed E-state index contributed by atoms with van der Waals surface area (Å²) in [4.78, 5) is 12.6. The van der Waals surface area contributed by atoms with Crippen LogP contribution < -0.4 is 5.32 Å². The van der Waals surface area contributed by atoms with E-state index in [0.717, 1.165) is 40.9 Å². The van der Waals surface area contributed by atoms with Gasteiger partial charge in [-0.15, -0.1) is 0 Å². The minimum Gasteiger partial charge on any atom is -0.348 e. The topological polar surface area (TPSA) is 46.4 Å². The summed E-state index contributed by atoms with van der Waals surface area (Å²) in [6, 6.07) is 14.0. The molecule has 1 aliphatic carbocycles. The Morgan fingerprint density at radius 1 is 1.20 bits per heavy atom. The molecule has 5 heteroatoms. The molecule has 1 saturated carbocycles. The molecule has 128 valence electrons. The van der Waals surface area contributed by atoms with E-state index in [9.17, 15) is 4.79 Å². The van der Waals surface area contributed by atoms with Crippen molar-refractivity contribution in [2.45, 2.75) is 38.1 Å². The molecule has 1 amide bonds. The Kier molecular flexibility index (Phi) is 4.45. The van der Waals surface area contributed by atoms with E-state index in [2.05, 4.69) is 10.4 Å². The highest BCUT2D eigenvalue weighted by Crippen LogP contribution is 2.20. The van der Waals surface area contributed by atoms with Crippen LogP contribution in [0.2, 0.25) is 5.02 Å². The Morgan fingerprint density at radius 3 is 2.72 bits per heavy atom. The van der Waals surface area contributed by atoms with Crippen LogP contribution >= 0.6 is 11.6 Å². The van der Waals surface area contributed by atoms with Crippen LogP contribution in [0.25, 0.3) is 5.52 Å². The molecule has 0 bridgehead atoms. The average Bonchev–Trinajstić information content (AvgIpc) is 3.28. The van der Waals surface area contributed by atoms with Crippen LogP contribution in [-0.2, 0) is 6.42 Å². The molecule has 1 N–H and O–H groups in total. The van der Waals surface area contributed by atoms with Crippen LogP contribution in [0.15, 0.2) is 48.7 Å². The molecular weight excluding hydrogens is 334 g/mol. The van der Waals surface area contributed by atoms with Crippen molar-refractivity contribution in [3.63, 3.8) is 0 Å². The molecule has 0 aliphatic heterocycles. The van der Waals surface area contributed by atoms with Gasteiger partial charge in [0.25, 0.3) is 5.91 Å². The van der Waals surface area contributed by atoms with Gasteiger partial charge in [0.15, 0.2) is 0 Å². The van der Waals surface area contributed by atoms with E-state index in [1.54, 1.807) is 4.52 Å². The average molecular weight is 354 g/mol. The second-order valence-electron chi connectivity index (χ2n) is 6.65. The Hall–Kier alpha value is -2.33. The number of aromatic nitrogens is 2. The lowest BCUT2D eigenvalue weighted by atomic mass is 10.0. The number of hydrogen-bond donors (Lipinski definition) is 1. The molecule has 25 heavy (non-hydrogen) atoms. The number of nitrogens with zero attached hydrogens (tertiary/aromatic N) is 2. The Labute approximate surface area is 151 Å². The van der Waals surface area contributed by atoms with Gasteiger partial charge in [0.1, 0.15) is 5.69 Å². The Balaban J connectivity index is 1.64. The van der Waals surface area contributed by atoms with Crippen LogP contribution in [0.1, 0.15) is 47.3 Å². The molecule has 0 atom stereocenters. The summed E-state index contributed by atoms with van der Waals surface area (Å²) in [6.45, 7) is 0. The summed E-state index contributed by atoms with van der Waals surface area (Å²) in [5, 5.41) is 8.32. The molecule has 0 unspecified atom stereocenters. The number of halogens is 1. The molecule has 0 radical (unpaired) electrons. The number of rotatable bonds is 4. The smallest absolute Gasteiger partial charge is 0.271 e. The van der Waals surface area contributed by atoms with E-state index in [1.807, 2.05) is 48.7 Å². The van der Waals surface area contributed by atoms with Gasteiger partial charge in [-0.2, -0.15) is 5.10 Å². The van der Waals surface area contributed by atoms with Gasteiger partial charge < -0.3 is 5.32 Å². The number of benzene rings is 1. The lowest BCUT2D eigenvalue weighted by Gasteiger charge is -2.13. The minimum atomic E-state index is -0.0835. The molecule has 0 spiro atoms. The maximum atomic E-state index is 12.6. The van der Waals surface area contributed by atoms with E-state index >= 15 is 0 Å². The van der Waals surface area contributed by atoms with Gasteiger partial charge >= 0.3 is 0 Å². The van der Waals surface area contributed by atoms with Crippen molar-refractivity contribution in [2.75, 3.05) is 0 Å². The van der Waals surface area contributed by atoms with Gasteiger partial charge in [0, 0.05) is 17.3 Å². The summed E-state index contributed by atoms with van der Waals surface area (Å²) >= 11 is 5.97. The number of amides is 1. The monoisotopic (exact) mass is 353 g/mol. The molecule has 1 aliphatic rings. The summed E-state index contributed by atoms with van der Waals surface area (Å²) in [5.41, 5.74) is 3.73. The zero-order chi connectivity index (χ0) is 17.2. The van der Waals surface area contributed by atoms with Crippen LogP contribution in [0.5, 0.6) is 0 Å². The zero-order valence-corrected chi connectivity index (χ0v) is 14.7. The first-order valence-electron chi connectivity index (χ1n) is 8.71. The van der Waals surface area contributed by atoms with E-state index in [4.69, 9.17) is 11.6 Å². The van der Waals surface area contributed by atoms with Gasteiger partial charge in [0.05, 0.1) is 5.52 Å². The van der Waals surface area contributed by atoms with Crippen LogP contribution in [0.4, 0.5) is 0 Å². The first-order valence-corrected chi connectivity index (χ1v) is 9.09. The molecule has 3 aromatic rings. The maximum Gasteiger partial charge on any atom is 0.271 e.